The van der Waals surface area contributed by atoms with Crippen LogP contribution in [0.3, 0.4) is 0 Å². The third-order valence-corrected chi connectivity index (χ3v) is 12.8. The van der Waals surface area contributed by atoms with Gasteiger partial charge in [-0.1, -0.05) is 76.4 Å². The molecule has 0 amide bonds. The van der Waals surface area contributed by atoms with Crippen LogP contribution in [0.4, 0.5) is 0 Å². The standard InChI is InChI=1S/C45H16B10N4OS/c46-32-30(33(47)37(51)40(54)36(32)50)44-56-43(57-45(58-44)31-34(48)38(52)41(55)39(53)35(31)49)17-12-13-21-26(16-17)60-25-10-5-9-23(28(21)25)59-22-8-3-1-7-20(22)29-24(59)15-14-19-18-6-2-4-11-27(18)61-42(19)29/h1-16H. The van der Waals surface area contributed by atoms with Gasteiger partial charge in [0.2, 0.25) is 0 Å². The van der Waals surface area contributed by atoms with E-state index in [1.165, 1.54) is 30.9 Å². The molecule has 0 aliphatic heterocycles. The van der Waals surface area contributed by atoms with Gasteiger partial charge in [-0.15, -0.1) is 44.1 Å². The Bertz CT molecular complexity index is 3600. The highest BCUT2D eigenvalue weighted by Crippen LogP contribution is 2.45. The molecule has 5 nitrogen and oxygen atoms in total. The number of thiophene rings is 1. The van der Waals surface area contributed by atoms with Crippen LogP contribution in [-0.4, -0.2) is 98.0 Å². The lowest BCUT2D eigenvalue weighted by molar-refractivity contribution is 0.669. The first-order valence-electron chi connectivity index (χ1n) is 19.0. The molecule has 0 aliphatic rings. The summed E-state index contributed by atoms with van der Waals surface area (Å²) in [6, 6.07) is 33.3. The van der Waals surface area contributed by atoms with Crippen LogP contribution in [0.2, 0.25) is 0 Å². The number of nitrogens with zero attached hydrogens (tertiary/aromatic N) is 4. The second kappa shape index (κ2) is 13.8. The van der Waals surface area contributed by atoms with E-state index >= 15 is 0 Å². The average Bonchev–Trinajstić information content (AvgIpc) is 3.95. The van der Waals surface area contributed by atoms with Crippen LogP contribution in [0.5, 0.6) is 0 Å². The van der Waals surface area contributed by atoms with Gasteiger partial charge in [0.1, 0.15) is 89.6 Å². The average molecular weight is 769 g/mol. The molecular formula is C45H16B10N4OS. The van der Waals surface area contributed by atoms with E-state index in [1.807, 2.05) is 41.7 Å². The van der Waals surface area contributed by atoms with E-state index in [2.05, 4.69) is 71.3 Å². The number of fused-ring (bicyclic) bond motifs is 10. The van der Waals surface area contributed by atoms with Crippen LogP contribution >= 0.6 is 11.3 Å². The summed E-state index contributed by atoms with van der Waals surface area (Å²) in [5, 5.41) is 6.67. The van der Waals surface area contributed by atoms with E-state index in [0.717, 1.165) is 27.5 Å². The topological polar surface area (TPSA) is 56.7 Å². The van der Waals surface area contributed by atoms with Crippen molar-refractivity contribution in [3.8, 4) is 39.9 Å². The molecule has 0 saturated carbocycles. The quantitative estimate of drug-likeness (QED) is 0.240. The summed E-state index contributed by atoms with van der Waals surface area (Å²) in [5.74, 6) is 0.192. The lowest BCUT2D eigenvalue weighted by atomic mass is 9.60. The van der Waals surface area contributed by atoms with Gasteiger partial charge < -0.3 is 8.98 Å². The molecular weight excluding hydrogens is 753 g/mol. The number of rotatable bonds is 4. The third kappa shape index (κ3) is 5.43. The Kier molecular flexibility index (Phi) is 8.57. The minimum Gasteiger partial charge on any atom is -0.456 e. The molecule has 0 spiro atoms. The van der Waals surface area contributed by atoms with Gasteiger partial charge >= 0.3 is 0 Å². The summed E-state index contributed by atoms with van der Waals surface area (Å²) in [5.41, 5.74) is 5.42. The maximum Gasteiger partial charge on any atom is 0.164 e. The molecule has 4 heterocycles. The van der Waals surface area contributed by atoms with Crippen molar-refractivity contribution >= 4 is 208 Å². The highest BCUT2D eigenvalue weighted by Gasteiger charge is 2.24. The van der Waals surface area contributed by atoms with Crippen LogP contribution in [0.15, 0.2) is 101 Å². The summed E-state index contributed by atoms with van der Waals surface area (Å²) in [7, 11) is 63.4. The number of hydrogen-bond acceptors (Lipinski definition) is 5. The molecule has 0 bridgehead atoms. The zero-order chi connectivity index (χ0) is 42.2. The van der Waals surface area contributed by atoms with E-state index < -0.39 is 0 Å². The van der Waals surface area contributed by atoms with Crippen molar-refractivity contribution in [2.75, 3.05) is 0 Å². The molecule has 16 heteroatoms. The minimum absolute atomic E-state index is 0.00673. The van der Waals surface area contributed by atoms with Gasteiger partial charge in [0.15, 0.2) is 17.5 Å². The smallest absolute Gasteiger partial charge is 0.164 e. The molecule has 0 atom stereocenters. The predicted molar refractivity (Wildman–Crippen MR) is 265 cm³/mol. The molecule has 0 unspecified atom stereocenters. The first kappa shape index (κ1) is 38.0. The molecule has 0 fully saturated rings. The second-order valence-electron chi connectivity index (χ2n) is 14.9. The third-order valence-electron chi connectivity index (χ3n) is 11.6. The van der Waals surface area contributed by atoms with Crippen molar-refractivity contribution in [2.45, 2.75) is 0 Å². The van der Waals surface area contributed by atoms with Crippen molar-refractivity contribution in [3.63, 3.8) is 0 Å². The number of para-hydroxylation sites is 1. The number of furan rings is 1. The molecule has 11 rings (SSSR count). The van der Waals surface area contributed by atoms with Gasteiger partial charge in [-0.3, -0.25) is 0 Å². The fourth-order valence-electron chi connectivity index (χ4n) is 8.54. The van der Waals surface area contributed by atoms with E-state index in [4.69, 9.17) is 97.8 Å². The second-order valence-corrected chi connectivity index (χ2v) is 16.0. The summed E-state index contributed by atoms with van der Waals surface area (Å²) >= 11 is 1.82. The molecule has 61 heavy (non-hydrogen) atoms. The van der Waals surface area contributed by atoms with Crippen LogP contribution in [-0.2, 0) is 0 Å². The number of aromatic nitrogens is 4. The Balaban J connectivity index is 1.15. The number of hydrogen-bond donors (Lipinski definition) is 0. The Morgan fingerprint density at radius 1 is 0.426 bits per heavy atom. The predicted octanol–water partition coefficient (Wildman–Crippen LogP) is 0.175. The van der Waals surface area contributed by atoms with Crippen molar-refractivity contribution < 1.29 is 4.42 Å². The van der Waals surface area contributed by atoms with Crippen LogP contribution < -0.4 is 54.6 Å². The van der Waals surface area contributed by atoms with Crippen molar-refractivity contribution in [1.29, 1.82) is 0 Å². The Morgan fingerprint density at radius 3 is 1.64 bits per heavy atom. The highest BCUT2D eigenvalue weighted by molar-refractivity contribution is 7.26. The van der Waals surface area contributed by atoms with Crippen molar-refractivity contribution in [1.82, 2.24) is 19.5 Å². The Hall–Kier alpha value is -5.98. The summed E-state index contributed by atoms with van der Waals surface area (Å²) < 4.78 is 11.4. The first-order chi connectivity index (χ1) is 29.4. The fourth-order valence-corrected chi connectivity index (χ4v) is 9.80. The molecule has 4 aromatic heterocycles. The van der Waals surface area contributed by atoms with Crippen molar-refractivity contribution in [3.05, 3.63) is 97.1 Å². The summed E-state index contributed by atoms with van der Waals surface area (Å²) in [4.78, 5) is 14.4. The van der Waals surface area contributed by atoms with Gasteiger partial charge in [-0.2, -0.15) is 0 Å². The SMILES string of the molecule is [B]c1c([B])c([B])c(-c2nc(-c3ccc4c(c3)oc3cccc(-n5c6ccccc6c6c7sc8ccccc8c7ccc65)c34)nc(-c3c([B])c([B])c([B])c([B])c3[B])n2)c([B])c1[B]. The van der Waals surface area contributed by atoms with Gasteiger partial charge in [-0.25, -0.2) is 15.0 Å². The molecule has 20 radical (unpaired) electrons. The molecule has 11 aromatic rings. The molecule has 0 N–H and O–H groups in total. The van der Waals surface area contributed by atoms with Crippen LogP contribution in [0, 0.1) is 0 Å². The summed E-state index contributed by atoms with van der Waals surface area (Å²) in [6.45, 7) is 0. The van der Waals surface area contributed by atoms with E-state index in [0.29, 0.717) is 16.7 Å². The minimum atomic E-state index is 0.00673. The maximum atomic E-state index is 6.63. The lowest BCUT2D eigenvalue weighted by Crippen LogP contribution is -2.55. The van der Waals surface area contributed by atoms with E-state index in [-0.39, 0.29) is 83.2 Å². The van der Waals surface area contributed by atoms with Gasteiger partial charge in [0, 0.05) is 53.0 Å². The molecule has 258 valence electrons. The van der Waals surface area contributed by atoms with Crippen LogP contribution in [0.1, 0.15) is 0 Å². The summed E-state index contributed by atoms with van der Waals surface area (Å²) in [6.07, 6.45) is 0. The van der Waals surface area contributed by atoms with E-state index in [9.17, 15) is 0 Å². The monoisotopic (exact) mass is 770 g/mol. The molecule has 0 saturated heterocycles. The van der Waals surface area contributed by atoms with Gasteiger partial charge in [0.25, 0.3) is 0 Å². The Morgan fingerprint density at radius 2 is 0.984 bits per heavy atom. The zero-order valence-electron chi connectivity index (χ0n) is 32.1. The normalized spacial score (nSPS) is 11.9. The highest BCUT2D eigenvalue weighted by atomic mass is 32.1. The first-order valence-corrected chi connectivity index (χ1v) is 19.8. The zero-order valence-corrected chi connectivity index (χ0v) is 32.9. The van der Waals surface area contributed by atoms with Gasteiger partial charge in [-0.05, 0) is 42.5 Å². The maximum absolute atomic E-state index is 6.63. The Labute approximate surface area is 367 Å². The largest absolute Gasteiger partial charge is 0.456 e. The number of benzene rings is 7. The fraction of sp³-hybridized carbons (Fsp3) is 0. The van der Waals surface area contributed by atoms with Gasteiger partial charge in [0.05, 0.1) is 22.1 Å². The van der Waals surface area contributed by atoms with E-state index in [1.54, 1.807) is 0 Å². The molecule has 7 aromatic carbocycles. The molecule has 0 aliphatic carbocycles. The van der Waals surface area contributed by atoms with Crippen molar-refractivity contribution in [2.24, 2.45) is 0 Å². The van der Waals surface area contributed by atoms with Crippen LogP contribution in [0.25, 0.3) is 104 Å². The lowest BCUT2D eigenvalue weighted by Gasteiger charge is -2.22.